The molecule has 1 aliphatic heterocycles. The molecule has 0 saturated carbocycles. The minimum absolute atomic E-state index is 0.0524. The molecule has 1 fully saturated rings. The number of ether oxygens (including phenoxy) is 1. The van der Waals surface area contributed by atoms with Crippen molar-refractivity contribution in [1.29, 1.82) is 0 Å². The summed E-state index contributed by atoms with van der Waals surface area (Å²) in [6, 6.07) is 4.55. The van der Waals surface area contributed by atoms with Gasteiger partial charge in [-0.2, -0.15) is 13.2 Å². The van der Waals surface area contributed by atoms with E-state index in [0.717, 1.165) is 38.4 Å². The zero-order valence-corrected chi connectivity index (χ0v) is 23.1. The molecule has 7 nitrogen and oxygen atoms in total. The number of hydrogen-bond donors (Lipinski definition) is 2. The second-order valence-corrected chi connectivity index (χ2v) is 9.99. The molecule has 2 aliphatic rings. The summed E-state index contributed by atoms with van der Waals surface area (Å²) in [5.74, 6) is -1.72. The first-order chi connectivity index (χ1) is 18.6. The number of benzene rings is 1. The summed E-state index contributed by atoms with van der Waals surface area (Å²) < 4.78 is 47.6. The maximum atomic E-state index is 13.9. The number of alkyl halides is 4. The van der Waals surface area contributed by atoms with Crippen LogP contribution in [0.4, 0.5) is 18.9 Å². The molecule has 3 rings (SSSR count). The summed E-state index contributed by atoms with van der Waals surface area (Å²) >= 11 is 5.70. The van der Waals surface area contributed by atoms with Crippen LogP contribution in [0.5, 0.6) is 5.75 Å². The van der Waals surface area contributed by atoms with E-state index >= 15 is 0 Å². The van der Waals surface area contributed by atoms with E-state index in [1.165, 1.54) is 24.3 Å². The highest BCUT2D eigenvalue weighted by Crippen LogP contribution is 2.37. The molecule has 0 bridgehead atoms. The van der Waals surface area contributed by atoms with Crippen LogP contribution in [0, 0.1) is 5.92 Å². The SMILES string of the molecule is CCC(=O)Nc1cc(C(=O)NC2=CC(C(F)(F)F)C(=CN3CCN(C)CC3)C=C2)ccc1OCCCCCCl. The van der Waals surface area contributed by atoms with Crippen LogP contribution in [0.15, 0.2) is 53.9 Å². The lowest BCUT2D eigenvalue weighted by molar-refractivity contribution is -0.151. The first-order valence-corrected chi connectivity index (χ1v) is 13.7. The van der Waals surface area contributed by atoms with Crippen LogP contribution in [0.2, 0.25) is 0 Å². The smallest absolute Gasteiger partial charge is 0.399 e. The van der Waals surface area contributed by atoms with Gasteiger partial charge in [-0.3, -0.25) is 9.59 Å². The molecule has 214 valence electrons. The van der Waals surface area contributed by atoms with Crippen molar-refractivity contribution in [3.63, 3.8) is 0 Å². The normalized spacial score (nSPS) is 19.1. The number of carbonyl (C=O) groups excluding carboxylic acids is 2. The molecule has 2 N–H and O–H groups in total. The number of hydrogen-bond acceptors (Lipinski definition) is 5. The fraction of sp³-hybridized carbons (Fsp3) is 0.500. The topological polar surface area (TPSA) is 73.9 Å². The Balaban J connectivity index is 1.74. The van der Waals surface area contributed by atoms with Gasteiger partial charge in [-0.25, -0.2) is 0 Å². The molecule has 2 amide bonds. The molecular formula is C28H36ClF3N4O3. The van der Waals surface area contributed by atoms with E-state index in [-0.39, 0.29) is 29.2 Å². The van der Waals surface area contributed by atoms with Gasteiger partial charge in [0.2, 0.25) is 5.91 Å². The third-order valence-electron chi connectivity index (χ3n) is 6.51. The van der Waals surface area contributed by atoms with Crippen LogP contribution in [-0.4, -0.2) is 73.5 Å². The molecular weight excluding hydrogens is 533 g/mol. The van der Waals surface area contributed by atoms with Crippen LogP contribution < -0.4 is 15.4 Å². The van der Waals surface area contributed by atoms with E-state index < -0.39 is 18.0 Å². The Bertz CT molecular complexity index is 1100. The van der Waals surface area contributed by atoms with Gasteiger partial charge in [0, 0.05) is 55.9 Å². The van der Waals surface area contributed by atoms with Gasteiger partial charge in [0.1, 0.15) is 11.7 Å². The van der Waals surface area contributed by atoms with Crippen molar-refractivity contribution >= 4 is 29.1 Å². The zero-order valence-electron chi connectivity index (χ0n) is 22.3. The van der Waals surface area contributed by atoms with Crippen LogP contribution in [0.3, 0.4) is 0 Å². The molecule has 1 aromatic rings. The lowest BCUT2D eigenvalue weighted by Gasteiger charge is -2.33. The number of halogens is 4. The number of allylic oxidation sites excluding steroid dienone is 4. The molecule has 1 atom stereocenters. The summed E-state index contributed by atoms with van der Waals surface area (Å²) in [4.78, 5) is 29.1. The van der Waals surface area contributed by atoms with E-state index in [2.05, 4.69) is 15.5 Å². The Morgan fingerprint density at radius 1 is 1.10 bits per heavy atom. The van der Waals surface area contributed by atoms with Crippen LogP contribution in [0.25, 0.3) is 0 Å². The Morgan fingerprint density at radius 3 is 2.51 bits per heavy atom. The van der Waals surface area contributed by atoms with Gasteiger partial charge >= 0.3 is 6.18 Å². The zero-order chi connectivity index (χ0) is 28.4. The van der Waals surface area contributed by atoms with E-state index in [1.807, 2.05) is 11.9 Å². The van der Waals surface area contributed by atoms with Crippen molar-refractivity contribution in [2.45, 2.75) is 38.8 Å². The molecule has 39 heavy (non-hydrogen) atoms. The van der Waals surface area contributed by atoms with E-state index in [4.69, 9.17) is 16.3 Å². The monoisotopic (exact) mass is 568 g/mol. The van der Waals surface area contributed by atoms with Crippen molar-refractivity contribution in [3.05, 3.63) is 59.5 Å². The van der Waals surface area contributed by atoms with Gasteiger partial charge in [-0.15, -0.1) is 11.6 Å². The highest BCUT2D eigenvalue weighted by Gasteiger charge is 2.41. The van der Waals surface area contributed by atoms with Crippen LogP contribution in [0.1, 0.15) is 43.0 Å². The number of unbranched alkanes of at least 4 members (excludes halogenated alkanes) is 2. The number of piperazine rings is 1. The Kier molecular flexibility index (Phi) is 11.3. The third kappa shape index (κ3) is 9.32. The predicted octanol–water partition coefficient (Wildman–Crippen LogP) is 5.32. The van der Waals surface area contributed by atoms with Crippen molar-refractivity contribution < 1.29 is 27.5 Å². The molecule has 0 aromatic heterocycles. The number of nitrogens with one attached hydrogen (secondary N) is 2. The van der Waals surface area contributed by atoms with Gasteiger partial charge < -0.3 is 25.2 Å². The summed E-state index contributed by atoms with van der Waals surface area (Å²) in [7, 11) is 1.98. The fourth-order valence-corrected chi connectivity index (χ4v) is 4.35. The third-order valence-corrected chi connectivity index (χ3v) is 6.78. The quantitative estimate of drug-likeness (QED) is 0.279. The molecule has 0 spiro atoms. The van der Waals surface area contributed by atoms with Gasteiger partial charge in [-0.1, -0.05) is 13.0 Å². The van der Waals surface area contributed by atoms with Gasteiger partial charge in [0.25, 0.3) is 5.91 Å². The molecule has 0 radical (unpaired) electrons. The van der Waals surface area contributed by atoms with Gasteiger partial charge in [0.15, 0.2) is 0 Å². The summed E-state index contributed by atoms with van der Waals surface area (Å²) in [6.07, 6.45) is 3.73. The number of amides is 2. The number of anilines is 1. The summed E-state index contributed by atoms with van der Waals surface area (Å²) in [5.41, 5.74) is 0.678. The second kappa shape index (κ2) is 14.4. The first kappa shape index (κ1) is 30.6. The lowest BCUT2D eigenvalue weighted by atomic mass is 9.92. The highest BCUT2D eigenvalue weighted by atomic mass is 35.5. The van der Waals surface area contributed by atoms with Gasteiger partial charge in [-0.05, 0) is 62.2 Å². The second-order valence-electron chi connectivity index (χ2n) is 9.61. The standard InChI is InChI=1S/C28H36ClF3N4O3/c1-3-26(37)34-24-17-20(8-10-25(24)39-16-6-4-5-11-29)27(38)33-22-9-7-21(23(18-22)28(30,31)32)19-36-14-12-35(2)13-15-36/h7-10,17-19,23H,3-6,11-16H2,1-2H3,(H,33,38)(H,34,37). The average Bonchev–Trinajstić information content (AvgIpc) is 2.90. The molecule has 1 aliphatic carbocycles. The lowest BCUT2D eigenvalue weighted by Crippen LogP contribution is -2.42. The van der Waals surface area contributed by atoms with E-state index in [0.29, 0.717) is 37.0 Å². The average molecular weight is 569 g/mol. The Labute approximate surface area is 232 Å². The Hall–Kier alpha value is -2.98. The fourth-order valence-electron chi connectivity index (χ4n) is 4.17. The number of likely N-dealkylation sites (N-methyl/N-ethyl adjacent to an activating group) is 1. The highest BCUT2D eigenvalue weighted by molar-refractivity contribution is 6.17. The molecule has 1 aromatic carbocycles. The van der Waals surface area contributed by atoms with Crippen LogP contribution >= 0.6 is 11.6 Å². The number of nitrogens with zero attached hydrogens (tertiary/aromatic N) is 2. The van der Waals surface area contributed by atoms with Crippen molar-refractivity contribution in [3.8, 4) is 5.75 Å². The maximum Gasteiger partial charge on any atom is 0.399 e. The Morgan fingerprint density at radius 2 is 1.85 bits per heavy atom. The number of carbonyl (C=O) groups is 2. The molecule has 1 saturated heterocycles. The van der Waals surface area contributed by atoms with Crippen molar-refractivity contribution in [1.82, 2.24) is 15.1 Å². The van der Waals surface area contributed by atoms with Crippen molar-refractivity contribution in [2.24, 2.45) is 5.92 Å². The minimum atomic E-state index is -4.51. The minimum Gasteiger partial charge on any atom is -0.491 e. The molecule has 11 heteroatoms. The largest absolute Gasteiger partial charge is 0.491 e. The molecule has 1 heterocycles. The van der Waals surface area contributed by atoms with E-state index in [1.54, 1.807) is 19.2 Å². The van der Waals surface area contributed by atoms with Crippen molar-refractivity contribution in [2.75, 3.05) is 51.0 Å². The van der Waals surface area contributed by atoms with Gasteiger partial charge in [0.05, 0.1) is 12.3 Å². The summed E-state index contributed by atoms with van der Waals surface area (Å²) in [6.45, 7) is 4.97. The predicted molar refractivity (Wildman–Crippen MR) is 147 cm³/mol. The number of rotatable bonds is 11. The van der Waals surface area contributed by atoms with Crippen LogP contribution in [-0.2, 0) is 4.79 Å². The first-order valence-electron chi connectivity index (χ1n) is 13.2. The molecule has 1 unspecified atom stereocenters. The summed E-state index contributed by atoms with van der Waals surface area (Å²) in [5, 5.41) is 5.30. The van der Waals surface area contributed by atoms with E-state index in [9.17, 15) is 22.8 Å². The maximum absolute atomic E-state index is 13.9.